The molecular weight excluding hydrogens is 319 g/mol. The lowest BCUT2D eigenvalue weighted by Crippen LogP contribution is -2.37. The maximum Gasteiger partial charge on any atom is 0.417 e. The molecule has 0 aliphatic heterocycles. The summed E-state index contributed by atoms with van der Waals surface area (Å²) in [5.74, 6) is 0. The van der Waals surface area contributed by atoms with Gasteiger partial charge in [-0.3, -0.25) is 0 Å². The average Bonchev–Trinajstić information content (AvgIpc) is 2.34. The maximum absolute atomic E-state index is 12.7. The van der Waals surface area contributed by atoms with Crippen molar-refractivity contribution in [3.63, 3.8) is 0 Å². The third kappa shape index (κ3) is 4.08. The van der Waals surface area contributed by atoms with Crippen molar-refractivity contribution in [2.45, 2.75) is 30.5 Å². The van der Waals surface area contributed by atoms with Crippen molar-refractivity contribution in [2.24, 2.45) is 0 Å². The summed E-state index contributed by atoms with van der Waals surface area (Å²) >= 11 is 5.42. The van der Waals surface area contributed by atoms with Crippen LogP contribution in [0.3, 0.4) is 0 Å². The largest absolute Gasteiger partial charge is 0.417 e. The first-order chi connectivity index (χ1) is 9.11. The maximum atomic E-state index is 12.7. The van der Waals surface area contributed by atoms with E-state index in [1.54, 1.807) is 6.92 Å². The van der Waals surface area contributed by atoms with Gasteiger partial charge in [0.2, 0.25) is 10.0 Å². The van der Waals surface area contributed by atoms with Crippen LogP contribution < -0.4 is 4.72 Å². The van der Waals surface area contributed by atoms with E-state index >= 15 is 0 Å². The quantitative estimate of drug-likeness (QED) is 0.870. The van der Waals surface area contributed by atoms with Crippen LogP contribution >= 0.6 is 11.6 Å². The van der Waals surface area contributed by atoms with Gasteiger partial charge in [0, 0.05) is 6.04 Å². The number of nitrogens with one attached hydrogen (secondary N) is 1. The minimum Gasteiger partial charge on any atom is -0.395 e. The summed E-state index contributed by atoms with van der Waals surface area (Å²) in [4.78, 5) is -0.555. The van der Waals surface area contributed by atoms with E-state index in [1.807, 2.05) is 0 Å². The van der Waals surface area contributed by atoms with E-state index in [0.717, 1.165) is 12.1 Å². The molecule has 20 heavy (non-hydrogen) atoms. The lowest BCUT2D eigenvalue weighted by molar-refractivity contribution is -0.137. The molecule has 0 aliphatic rings. The van der Waals surface area contributed by atoms with Crippen LogP contribution in [0, 0.1) is 0 Å². The normalized spacial score (nSPS) is 14.3. The molecule has 0 aromatic heterocycles. The molecule has 0 fully saturated rings. The van der Waals surface area contributed by atoms with Crippen LogP contribution in [0.25, 0.3) is 0 Å². The van der Waals surface area contributed by atoms with E-state index in [2.05, 4.69) is 4.72 Å². The fourth-order valence-corrected chi connectivity index (χ4v) is 2.99. The second-order valence-corrected chi connectivity index (χ2v) is 6.17. The molecule has 9 heteroatoms. The number of rotatable bonds is 5. The van der Waals surface area contributed by atoms with Gasteiger partial charge in [-0.1, -0.05) is 18.5 Å². The Balaban J connectivity index is 3.20. The number of hydrogen-bond donors (Lipinski definition) is 2. The van der Waals surface area contributed by atoms with Gasteiger partial charge >= 0.3 is 6.18 Å². The van der Waals surface area contributed by atoms with Gasteiger partial charge in [-0.15, -0.1) is 0 Å². The van der Waals surface area contributed by atoms with Crippen molar-refractivity contribution >= 4 is 21.6 Å². The number of benzene rings is 1. The zero-order chi connectivity index (χ0) is 15.6. The molecule has 1 unspecified atom stereocenters. The fourth-order valence-electron chi connectivity index (χ4n) is 1.43. The first-order valence-electron chi connectivity index (χ1n) is 5.61. The number of alkyl halides is 3. The molecule has 114 valence electrons. The summed E-state index contributed by atoms with van der Waals surface area (Å²) in [6.07, 6.45) is -4.45. The Morgan fingerprint density at radius 2 is 2.00 bits per heavy atom. The first kappa shape index (κ1) is 17.2. The predicted octanol–water partition coefficient (Wildman–Crippen LogP) is 2.41. The highest BCUT2D eigenvalue weighted by Crippen LogP contribution is 2.35. The number of halogens is 4. The van der Waals surface area contributed by atoms with Crippen LogP contribution in [0.4, 0.5) is 13.2 Å². The van der Waals surface area contributed by atoms with E-state index in [4.69, 9.17) is 16.7 Å². The van der Waals surface area contributed by atoms with Gasteiger partial charge in [-0.05, 0) is 24.6 Å². The Morgan fingerprint density at radius 1 is 1.40 bits per heavy atom. The van der Waals surface area contributed by atoms with E-state index < -0.39 is 44.3 Å². The lowest BCUT2D eigenvalue weighted by Gasteiger charge is -2.16. The Morgan fingerprint density at radius 3 is 2.45 bits per heavy atom. The zero-order valence-electron chi connectivity index (χ0n) is 10.4. The van der Waals surface area contributed by atoms with Crippen molar-refractivity contribution < 1.29 is 26.7 Å². The molecule has 0 saturated carbocycles. The molecule has 0 aliphatic carbocycles. The third-order valence-corrected chi connectivity index (χ3v) is 4.44. The van der Waals surface area contributed by atoms with Crippen molar-refractivity contribution in [1.29, 1.82) is 0 Å². The molecule has 2 N–H and O–H groups in total. The number of sulfonamides is 1. The molecule has 0 radical (unpaired) electrons. The van der Waals surface area contributed by atoms with E-state index in [1.165, 1.54) is 0 Å². The lowest BCUT2D eigenvalue weighted by atomic mass is 10.2. The molecule has 1 atom stereocenters. The number of aliphatic hydroxyl groups is 1. The van der Waals surface area contributed by atoms with Gasteiger partial charge in [-0.2, -0.15) is 13.2 Å². The summed E-state index contributed by atoms with van der Waals surface area (Å²) < 4.78 is 64.0. The Hall–Kier alpha value is -0.830. The van der Waals surface area contributed by atoms with E-state index in [9.17, 15) is 21.6 Å². The Bertz CT molecular complexity index is 571. The van der Waals surface area contributed by atoms with Gasteiger partial charge in [0.15, 0.2) is 0 Å². The van der Waals surface area contributed by atoms with Gasteiger partial charge in [0.1, 0.15) is 0 Å². The van der Waals surface area contributed by atoms with Crippen LogP contribution in [0.15, 0.2) is 23.1 Å². The molecule has 0 amide bonds. The minimum atomic E-state index is -4.75. The van der Waals surface area contributed by atoms with Crippen LogP contribution in [0.1, 0.15) is 18.9 Å². The average molecular weight is 332 g/mol. The molecule has 0 spiro atoms. The van der Waals surface area contributed by atoms with E-state index in [0.29, 0.717) is 12.5 Å². The Kier molecular flexibility index (Phi) is 5.42. The molecular formula is C11H13ClF3NO3S. The highest BCUT2D eigenvalue weighted by molar-refractivity contribution is 7.89. The zero-order valence-corrected chi connectivity index (χ0v) is 12.0. The van der Waals surface area contributed by atoms with Crippen LogP contribution in [-0.4, -0.2) is 26.2 Å². The van der Waals surface area contributed by atoms with Gasteiger partial charge in [0.05, 0.1) is 22.1 Å². The van der Waals surface area contributed by atoms with Gasteiger partial charge < -0.3 is 5.11 Å². The molecule has 1 aromatic carbocycles. The van der Waals surface area contributed by atoms with Gasteiger partial charge in [0.25, 0.3) is 0 Å². The van der Waals surface area contributed by atoms with E-state index in [-0.39, 0.29) is 0 Å². The summed E-state index contributed by atoms with van der Waals surface area (Å²) in [5, 5.41) is 8.36. The topological polar surface area (TPSA) is 66.4 Å². The highest BCUT2D eigenvalue weighted by Gasteiger charge is 2.34. The molecule has 4 nitrogen and oxygen atoms in total. The standard InChI is InChI=1S/C11H13ClF3NO3S/c1-2-7(6-17)16-20(18,19)8-3-4-10(12)9(5-8)11(13,14)15/h3-5,7,16-17H,2,6H2,1H3. The fraction of sp³-hybridized carbons (Fsp3) is 0.455. The first-order valence-corrected chi connectivity index (χ1v) is 7.48. The molecule has 1 rings (SSSR count). The number of hydrogen-bond acceptors (Lipinski definition) is 3. The summed E-state index contributed by atoms with van der Waals surface area (Å²) in [6.45, 7) is 1.18. The number of aliphatic hydroxyl groups excluding tert-OH is 1. The van der Waals surface area contributed by atoms with Gasteiger partial charge in [-0.25, -0.2) is 13.1 Å². The van der Waals surface area contributed by atoms with Crippen LogP contribution in [0.2, 0.25) is 5.02 Å². The molecule has 0 saturated heterocycles. The monoisotopic (exact) mass is 331 g/mol. The van der Waals surface area contributed by atoms with Crippen molar-refractivity contribution in [3.05, 3.63) is 28.8 Å². The summed E-state index contributed by atoms with van der Waals surface area (Å²) in [5.41, 5.74) is -1.22. The molecule has 0 heterocycles. The smallest absolute Gasteiger partial charge is 0.395 e. The Labute approximate surface area is 119 Å². The third-order valence-electron chi connectivity index (χ3n) is 2.59. The highest BCUT2D eigenvalue weighted by atomic mass is 35.5. The van der Waals surface area contributed by atoms with Crippen LogP contribution in [0.5, 0.6) is 0 Å². The predicted molar refractivity (Wildman–Crippen MR) is 67.9 cm³/mol. The summed E-state index contributed by atoms with van der Waals surface area (Å²) in [6, 6.07) is 1.56. The molecule has 1 aromatic rings. The molecule has 0 bridgehead atoms. The summed E-state index contributed by atoms with van der Waals surface area (Å²) in [7, 11) is -4.15. The van der Waals surface area contributed by atoms with Crippen molar-refractivity contribution in [3.8, 4) is 0 Å². The second-order valence-electron chi connectivity index (χ2n) is 4.05. The minimum absolute atomic E-state index is 0.301. The van der Waals surface area contributed by atoms with Crippen molar-refractivity contribution in [2.75, 3.05) is 6.61 Å². The van der Waals surface area contributed by atoms with Crippen LogP contribution in [-0.2, 0) is 16.2 Å². The SMILES string of the molecule is CCC(CO)NS(=O)(=O)c1ccc(Cl)c(C(F)(F)F)c1. The second kappa shape index (κ2) is 6.30. The van der Waals surface area contributed by atoms with Crippen molar-refractivity contribution in [1.82, 2.24) is 4.72 Å².